The Morgan fingerprint density at radius 1 is 1.10 bits per heavy atom. The SMILES string of the molecule is O/N=C1\CSC/C(=N/O)C1. The van der Waals surface area contributed by atoms with Crippen molar-refractivity contribution in [2.75, 3.05) is 11.5 Å². The molecule has 0 aliphatic carbocycles. The van der Waals surface area contributed by atoms with Crippen LogP contribution in [-0.4, -0.2) is 33.3 Å². The Hall–Kier alpha value is -0.710. The van der Waals surface area contributed by atoms with Crippen LogP contribution in [0.3, 0.4) is 0 Å². The predicted molar refractivity (Wildman–Crippen MR) is 40.4 cm³/mol. The average Bonchev–Trinajstić information content (AvgIpc) is 2.05. The van der Waals surface area contributed by atoms with E-state index in [1.165, 1.54) is 0 Å². The molecule has 1 aliphatic rings. The van der Waals surface area contributed by atoms with Gasteiger partial charge in [-0.25, -0.2) is 0 Å². The summed E-state index contributed by atoms with van der Waals surface area (Å²) in [5.74, 6) is 1.46. The molecule has 1 fully saturated rings. The molecular formula is C5H8N2O2S. The Balaban J connectivity index is 2.56. The van der Waals surface area contributed by atoms with Crippen LogP contribution in [0, 0.1) is 0 Å². The van der Waals surface area contributed by atoms with Gasteiger partial charge in [0.25, 0.3) is 0 Å². The van der Waals surface area contributed by atoms with Gasteiger partial charge in [0.15, 0.2) is 0 Å². The molecule has 1 rings (SSSR count). The standard InChI is InChI=1S/C5H8N2O2S/c8-6-4-1-5(7-9)3-10-2-4/h8-9H,1-3H2/b6-4-,7-5+. The molecule has 0 aromatic rings. The molecule has 0 bridgehead atoms. The third-order valence-corrected chi connectivity index (χ3v) is 2.30. The van der Waals surface area contributed by atoms with Crippen molar-refractivity contribution in [3.8, 4) is 0 Å². The fourth-order valence-corrected chi connectivity index (χ4v) is 1.65. The fourth-order valence-electron chi connectivity index (χ4n) is 0.753. The summed E-state index contributed by atoms with van der Waals surface area (Å²) in [4.78, 5) is 0. The van der Waals surface area contributed by atoms with Crippen molar-refractivity contribution in [2.24, 2.45) is 10.3 Å². The van der Waals surface area contributed by atoms with Gasteiger partial charge in [0.05, 0.1) is 11.4 Å². The minimum Gasteiger partial charge on any atom is -0.411 e. The Morgan fingerprint density at radius 3 is 2.00 bits per heavy atom. The summed E-state index contributed by atoms with van der Waals surface area (Å²) in [6.07, 6.45) is 0.500. The summed E-state index contributed by atoms with van der Waals surface area (Å²) < 4.78 is 0. The van der Waals surface area contributed by atoms with Crippen molar-refractivity contribution < 1.29 is 10.4 Å². The quantitative estimate of drug-likeness (QED) is 0.406. The maximum Gasteiger partial charge on any atom is 0.0727 e. The zero-order valence-electron chi connectivity index (χ0n) is 5.32. The zero-order valence-corrected chi connectivity index (χ0v) is 6.13. The first kappa shape index (κ1) is 7.40. The summed E-state index contributed by atoms with van der Waals surface area (Å²) in [6.45, 7) is 0. The number of rotatable bonds is 0. The maximum absolute atomic E-state index is 8.34. The molecule has 0 aromatic heterocycles. The van der Waals surface area contributed by atoms with E-state index >= 15 is 0 Å². The van der Waals surface area contributed by atoms with E-state index in [2.05, 4.69) is 10.3 Å². The van der Waals surface area contributed by atoms with Gasteiger partial charge in [-0.05, 0) is 0 Å². The first-order chi connectivity index (χ1) is 4.86. The number of hydrogen-bond acceptors (Lipinski definition) is 5. The van der Waals surface area contributed by atoms with Gasteiger partial charge in [0, 0.05) is 17.9 Å². The highest BCUT2D eigenvalue weighted by Gasteiger charge is 2.13. The lowest BCUT2D eigenvalue weighted by atomic mass is 10.2. The van der Waals surface area contributed by atoms with Gasteiger partial charge in [-0.3, -0.25) is 0 Å². The van der Waals surface area contributed by atoms with Gasteiger partial charge in [0.1, 0.15) is 0 Å². The Bertz CT molecular complexity index is 160. The molecule has 1 heterocycles. The monoisotopic (exact) mass is 160 g/mol. The molecule has 0 radical (unpaired) electrons. The maximum atomic E-state index is 8.34. The highest BCUT2D eigenvalue weighted by Crippen LogP contribution is 2.12. The van der Waals surface area contributed by atoms with E-state index in [4.69, 9.17) is 10.4 Å². The lowest BCUT2D eigenvalue weighted by molar-refractivity contribution is 0.315. The van der Waals surface area contributed by atoms with Crippen LogP contribution in [0.4, 0.5) is 0 Å². The molecule has 10 heavy (non-hydrogen) atoms. The van der Waals surface area contributed by atoms with Crippen LogP contribution in [0.25, 0.3) is 0 Å². The molecule has 5 heteroatoms. The molecule has 0 atom stereocenters. The average molecular weight is 160 g/mol. The van der Waals surface area contributed by atoms with Gasteiger partial charge < -0.3 is 10.4 Å². The molecule has 0 aromatic carbocycles. The molecule has 0 amide bonds. The molecule has 1 aliphatic heterocycles. The van der Waals surface area contributed by atoms with Crippen LogP contribution < -0.4 is 0 Å². The number of hydrogen-bond donors (Lipinski definition) is 2. The van der Waals surface area contributed by atoms with Crippen molar-refractivity contribution in [1.82, 2.24) is 0 Å². The molecule has 2 N–H and O–H groups in total. The van der Waals surface area contributed by atoms with Crippen LogP contribution in [0.2, 0.25) is 0 Å². The molecular weight excluding hydrogens is 152 g/mol. The second kappa shape index (κ2) is 3.46. The van der Waals surface area contributed by atoms with Crippen molar-refractivity contribution in [3.05, 3.63) is 0 Å². The van der Waals surface area contributed by atoms with Gasteiger partial charge >= 0.3 is 0 Å². The summed E-state index contributed by atoms with van der Waals surface area (Å²) in [6, 6.07) is 0. The van der Waals surface area contributed by atoms with E-state index in [1.54, 1.807) is 11.8 Å². The first-order valence-electron chi connectivity index (χ1n) is 2.84. The van der Waals surface area contributed by atoms with Crippen molar-refractivity contribution in [2.45, 2.75) is 6.42 Å². The smallest absolute Gasteiger partial charge is 0.0727 e. The van der Waals surface area contributed by atoms with Crippen LogP contribution >= 0.6 is 11.8 Å². The Kier molecular flexibility index (Phi) is 2.56. The molecule has 56 valence electrons. The second-order valence-electron chi connectivity index (χ2n) is 2.00. The van der Waals surface area contributed by atoms with E-state index in [0.717, 1.165) is 11.5 Å². The van der Waals surface area contributed by atoms with Crippen molar-refractivity contribution in [1.29, 1.82) is 0 Å². The van der Waals surface area contributed by atoms with E-state index in [-0.39, 0.29) is 0 Å². The third kappa shape index (κ3) is 1.63. The number of thioether (sulfide) groups is 1. The summed E-state index contributed by atoms with van der Waals surface area (Å²) >= 11 is 1.58. The fraction of sp³-hybridized carbons (Fsp3) is 0.600. The van der Waals surface area contributed by atoms with Crippen molar-refractivity contribution >= 4 is 23.2 Å². The highest BCUT2D eigenvalue weighted by atomic mass is 32.2. The molecule has 0 spiro atoms. The van der Waals surface area contributed by atoms with Gasteiger partial charge in [-0.1, -0.05) is 10.3 Å². The molecule has 1 saturated heterocycles. The first-order valence-corrected chi connectivity index (χ1v) is 3.99. The van der Waals surface area contributed by atoms with Crippen LogP contribution in [-0.2, 0) is 0 Å². The Labute approximate surface area is 62.6 Å². The second-order valence-corrected chi connectivity index (χ2v) is 2.99. The van der Waals surface area contributed by atoms with E-state index < -0.39 is 0 Å². The van der Waals surface area contributed by atoms with Crippen LogP contribution in [0.15, 0.2) is 10.3 Å². The molecule has 0 unspecified atom stereocenters. The van der Waals surface area contributed by atoms with E-state index in [9.17, 15) is 0 Å². The summed E-state index contributed by atoms with van der Waals surface area (Å²) in [7, 11) is 0. The third-order valence-electron chi connectivity index (χ3n) is 1.23. The van der Waals surface area contributed by atoms with E-state index in [0.29, 0.717) is 17.8 Å². The van der Waals surface area contributed by atoms with Crippen LogP contribution in [0.1, 0.15) is 6.42 Å². The minimum atomic E-state index is 0.500. The van der Waals surface area contributed by atoms with Gasteiger partial charge in [-0.15, -0.1) is 11.8 Å². The minimum absolute atomic E-state index is 0.500. The lowest BCUT2D eigenvalue weighted by Gasteiger charge is -2.11. The normalized spacial score (nSPS) is 27.6. The highest BCUT2D eigenvalue weighted by molar-refractivity contribution is 8.00. The molecule has 0 saturated carbocycles. The number of nitrogens with zero attached hydrogens (tertiary/aromatic N) is 2. The number of oxime groups is 2. The summed E-state index contributed by atoms with van der Waals surface area (Å²) in [5.41, 5.74) is 1.34. The van der Waals surface area contributed by atoms with Crippen LogP contribution in [0.5, 0.6) is 0 Å². The lowest BCUT2D eigenvalue weighted by Crippen LogP contribution is -2.19. The van der Waals surface area contributed by atoms with E-state index in [1.807, 2.05) is 0 Å². The topological polar surface area (TPSA) is 65.2 Å². The largest absolute Gasteiger partial charge is 0.411 e. The van der Waals surface area contributed by atoms with Gasteiger partial charge in [0.2, 0.25) is 0 Å². The predicted octanol–water partition coefficient (Wildman–Crippen LogP) is 0.784. The van der Waals surface area contributed by atoms with Crippen molar-refractivity contribution in [3.63, 3.8) is 0 Å². The van der Waals surface area contributed by atoms with Gasteiger partial charge in [-0.2, -0.15) is 0 Å². The Morgan fingerprint density at radius 2 is 1.60 bits per heavy atom. The summed E-state index contributed by atoms with van der Waals surface area (Å²) in [5, 5.41) is 22.8. The molecule has 4 nitrogen and oxygen atoms in total. The zero-order chi connectivity index (χ0) is 7.40.